The third kappa shape index (κ3) is 4.79. The van der Waals surface area contributed by atoms with Gasteiger partial charge in [0.25, 0.3) is 0 Å². The van der Waals surface area contributed by atoms with Crippen LogP contribution in [-0.2, 0) is 9.47 Å². The third-order valence-electron chi connectivity index (χ3n) is 2.54. The molecule has 1 amide bonds. The van der Waals surface area contributed by atoms with Crippen molar-refractivity contribution in [2.75, 3.05) is 26.1 Å². The number of esters is 1. The van der Waals surface area contributed by atoms with Crippen molar-refractivity contribution in [3.63, 3.8) is 0 Å². The lowest BCUT2D eigenvalue weighted by Crippen LogP contribution is -2.15. The standard InChI is InChI=1S/C14H19NO5/c1-4-5-6-20-14(17)15-11-7-10(13(16)19-3)8-12(9-11)18-2/h7-9H,4-6H2,1-3H3,(H,15,17). The van der Waals surface area contributed by atoms with Gasteiger partial charge in [0.2, 0.25) is 0 Å². The van der Waals surface area contributed by atoms with Crippen molar-refractivity contribution < 1.29 is 23.8 Å². The van der Waals surface area contributed by atoms with Gasteiger partial charge < -0.3 is 14.2 Å². The predicted molar refractivity (Wildman–Crippen MR) is 74.2 cm³/mol. The Labute approximate surface area is 118 Å². The highest BCUT2D eigenvalue weighted by Crippen LogP contribution is 2.21. The van der Waals surface area contributed by atoms with Crippen LogP contribution in [0.2, 0.25) is 0 Å². The number of hydrogen-bond acceptors (Lipinski definition) is 5. The van der Waals surface area contributed by atoms with E-state index in [2.05, 4.69) is 10.1 Å². The van der Waals surface area contributed by atoms with Gasteiger partial charge in [0.15, 0.2) is 0 Å². The van der Waals surface area contributed by atoms with Gasteiger partial charge in [-0.3, -0.25) is 5.32 Å². The van der Waals surface area contributed by atoms with E-state index in [1.165, 1.54) is 26.4 Å². The van der Waals surface area contributed by atoms with Crippen LogP contribution in [0.3, 0.4) is 0 Å². The summed E-state index contributed by atoms with van der Waals surface area (Å²) in [5.74, 6) is -0.0666. The molecule has 0 aliphatic heterocycles. The maximum absolute atomic E-state index is 11.5. The van der Waals surface area contributed by atoms with E-state index in [-0.39, 0.29) is 5.56 Å². The van der Waals surface area contributed by atoms with Gasteiger partial charge >= 0.3 is 12.1 Å². The van der Waals surface area contributed by atoms with Crippen molar-refractivity contribution in [3.8, 4) is 5.75 Å². The number of nitrogens with one attached hydrogen (secondary N) is 1. The van der Waals surface area contributed by atoms with E-state index < -0.39 is 12.1 Å². The van der Waals surface area contributed by atoms with Gasteiger partial charge in [0, 0.05) is 11.8 Å². The van der Waals surface area contributed by atoms with Crippen LogP contribution in [-0.4, -0.2) is 32.9 Å². The number of benzene rings is 1. The monoisotopic (exact) mass is 281 g/mol. The fourth-order valence-corrected chi connectivity index (χ4v) is 1.49. The van der Waals surface area contributed by atoms with Gasteiger partial charge in [-0.05, 0) is 18.6 Å². The van der Waals surface area contributed by atoms with Gasteiger partial charge in [0.05, 0.1) is 26.4 Å². The molecule has 0 aromatic heterocycles. The molecule has 0 unspecified atom stereocenters. The lowest BCUT2D eigenvalue weighted by atomic mass is 10.2. The average molecular weight is 281 g/mol. The summed E-state index contributed by atoms with van der Waals surface area (Å²) >= 11 is 0. The molecule has 110 valence electrons. The molecule has 0 aliphatic rings. The number of carbonyl (C=O) groups is 2. The smallest absolute Gasteiger partial charge is 0.411 e. The van der Waals surface area contributed by atoms with Crippen molar-refractivity contribution in [1.82, 2.24) is 0 Å². The molecular formula is C14H19NO5. The van der Waals surface area contributed by atoms with Gasteiger partial charge in [-0.25, -0.2) is 9.59 Å². The second-order valence-corrected chi connectivity index (χ2v) is 4.06. The molecular weight excluding hydrogens is 262 g/mol. The third-order valence-corrected chi connectivity index (χ3v) is 2.54. The van der Waals surface area contributed by atoms with Gasteiger partial charge in [-0.15, -0.1) is 0 Å². The zero-order chi connectivity index (χ0) is 15.0. The first-order chi connectivity index (χ1) is 9.60. The molecule has 0 radical (unpaired) electrons. The van der Waals surface area contributed by atoms with E-state index in [1.807, 2.05) is 6.92 Å². The van der Waals surface area contributed by atoms with Crippen LogP contribution in [0.25, 0.3) is 0 Å². The minimum absolute atomic E-state index is 0.288. The average Bonchev–Trinajstić information content (AvgIpc) is 2.46. The van der Waals surface area contributed by atoms with Gasteiger partial charge in [-0.2, -0.15) is 0 Å². The van der Waals surface area contributed by atoms with Gasteiger partial charge in [0.1, 0.15) is 5.75 Å². The lowest BCUT2D eigenvalue weighted by molar-refractivity contribution is 0.0600. The summed E-state index contributed by atoms with van der Waals surface area (Å²) in [6.07, 6.45) is 1.18. The zero-order valence-electron chi connectivity index (χ0n) is 11.9. The van der Waals surface area contributed by atoms with Crippen molar-refractivity contribution in [2.45, 2.75) is 19.8 Å². The first-order valence-electron chi connectivity index (χ1n) is 6.31. The highest BCUT2D eigenvalue weighted by atomic mass is 16.5. The molecule has 1 N–H and O–H groups in total. The van der Waals surface area contributed by atoms with Crippen molar-refractivity contribution >= 4 is 17.7 Å². The first-order valence-corrected chi connectivity index (χ1v) is 6.31. The Hall–Kier alpha value is -2.24. The molecule has 6 heteroatoms. The van der Waals surface area contributed by atoms with Crippen LogP contribution in [0.5, 0.6) is 5.75 Å². The summed E-state index contributed by atoms with van der Waals surface area (Å²) in [4.78, 5) is 23.1. The Morgan fingerprint density at radius 3 is 2.55 bits per heavy atom. The quantitative estimate of drug-likeness (QED) is 0.641. The fourth-order valence-electron chi connectivity index (χ4n) is 1.49. The summed E-state index contributed by atoms with van der Waals surface area (Å²) in [6, 6.07) is 4.61. The SMILES string of the molecule is CCCCOC(=O)Nc1cc(OC)cc(C(=O)OC)c1. The summed E-state index contributed by atoms with van der Waals surface area (Å²) < 4.78 is 14.7. The molecule has 6 nitrogen and oxygen atoms in total. The van der Waals surface area contributed by atoms with E-state index in [1.54, 1.807) is 6.07 Å². The largest absolute Gasteiger partial charge is 0.497 e. The van der Waals surface area contributed by atoms with Crippen LogP contribution >= 0.6 is 0 Å². The molecule has 0 saturated heterocycles. The van der Waals surface area contributed by atoms with E-state index in [4.69, 9.17) is 9.47 Å². The highest BCUT2D eigenvalue weighted by Gasteiger charge is 2.11. The molecule has 1 rings (SSSR count). The summed E-state index contributed by atoms with van der Waals surface area (Å²) in [5, 5.41) is 2.55. The minimum atomic E-state index is -0.567. The summed E-state index contributed by atoms with van der Waals surface area (Å²) in [7, 11) is 2.76. The number of anilines is 1. The van der Waals surface area contributed by atoms with Crippen molar-refractivity contribution in [3.05, 3.63) is 23.8 Å². The Morgan fingerprint density at radius 2 is 1.95 bits per heavy atom. The molecule has 0 heterocycles. The molecule has 1 aromatic carbocycles. The second-order valence-electron chi connectivity index (χ2n) is 4.06. The van der Waals surface area contributed by atoms with E-state index in [0.717, 1.165) is 12.8 Å². The van der Waals surface area contributed by atoms with Crippen LogP contribution in [0.4, 0.5) is 10.5 Å². The van der Waals surface area contributed by atoms with Crippen molar-refractivity contribution in [1.29, 1.82) is 0 Å². The zero-order valence-corrected chi connectivity index (χ0v) is 11.9. The Morgan fingerprint density at radius 1 is 1.20 bits per heavy atom. The Bertz CT molecular complexity index is 473. The van der Waals surface area contributed by atoms with E-state index in [0.29, 0.717) is 18.0 Å². The van der Waals surface area contributed by atoms with E-state index in [9.17, 15) is 9.59 Å². The van der Waals surface area contributed by atoms with Gasteiger partial charge in [-0.1, -0.05) is 13.3 Å². The van der Waals surface area contributed by atoms with Crippen LogP contribution in [0.1, 0.15) is 30.1 Å². The van der Waals surface area contributed by atoms with Crippen LogP contribution < -0.4 is 10.1 Å². The topological polar surface area (TPSA) is 73.9 Å². The fraction of sp³-hybridized carbons (Fsp3) is 0.429. The Balaban J connectivity index is 2.78. The highest BCUT2D eigenvalue weighted by molar-refractivity contribution is 5.93. The Kier molecular flexibility index (Phi) is 6.36. The molecule has 0 aliphatic carbocycles. The number of unbranched alkanes of at least 4 members (excludes halogenated alkanes) is 1. The normalized spacial score (nSPS) is 9.75. The number of methoxy groups -OCH3 is 2. The van der Waals surface area contributed by atoms with E-state index >= 15 is 0 Å². The molecule has 0 fully saturated rings. The van der Waals surface area contributed by atoms with Crippen LogP contribution in [0, 0.1) is 0 Å². The summed E-state index contributed by atoms with van der Waals surface area (Å²) in [6.45, 7) is 2.36. The maximum Gasteiger partial charge on any atom is 0.411 e. The van der Waals surface area contributed by atoms with Crippen LogP contribution in [0.15, 0.2) is 18.2 Å². The van der Waals surface area contributed by atoms with Crippen molar-refractivity contribution in [2.24, 2.45) is 0 Å². The molecule has 20 heavy (non-hydrogen) atoms. The molecule has 1 aromatic rings. The molecule has 0 spiro atoms. The number of carbonyl (C=O) groups excluding carboxylic acids is 2. The lowest BCUT2D eigenvalue weighted by Gasteiger charge is -2.10. The predicted octanol–water partition coefficient (Wildman–Crippen LogP) is 2.83. The minimum Gasteiger partial charge on any atom is -0.497 e. The first kappa shape index (κ1) is 15.8. The molecule has 0 bridgehead atoms. The number of amides is 1. The summed E-state index contributed by atoms with van der Waals surface area (Å²) in [5.41, 5.74) is 0.696. The second kappa shape index (κ2) is 8.04. The number of rotatable bonds is 6. The maximum atomic E-state index is 11.5. The molecule has 0 saturated carbocycles. The molecule has 0 atom stereocenters. The number of hydrogen-bond donors (Lipinski definition) is 1. The number of ether oxygens (including phenoxy) is 3.